The minimum atomic E-state index is -0.709. The Labute approximate surface area is 187 Å². The maximum Gasteiger partial charge on any atom is 0.242 e. The van der Waals surface area contributed by atoms with Gasteiger partial charge in [-0.1, -0.05) is 59.1 Å². The summed E-state index contributed by atoms with van der Waals surface area (Å²) >= 11 is 18.8. The van der Waals surface area contributed by atoms with Crippen LogP contribution in [0.1, 0.15) is 38.8 Å². The van der Waals surface area contributed by atoms with Crippen molar-refractivity contribution in [3.8, 4) is 0 Å². The van der Waals surface area contributed by atoms with Gasteiger partial charge in [-0.15, -0.1) is 0 Å². The van der Waals surface area contributed by atoms with Gasteiger partial charge in [0.05, 0.1) is 6.42 Å². The molecular formula is C22H25Cl3N2O2. The summed E-state index contributed by atoms with van der Waals surface area (Å²) in [5, 5.41) is 4.28. The second kappa shape index (κ2) is 9.84. The number of carbonyl (C=O) groups excluding carboxylic acids is 2. The quantitative estimate of drug-likeness (QED) is 0.623. The highest BCUT2D eigenvalue weighted by Crippen LogP contribution is 2.26. The molecule has 4 nitrogen and oxygen atoms in total. The largest absolute Gasteiger partial charge is 0.350 e. The minimum Gasteiger partial charge on any atom is -0.350 e. The number of carbonyl (C=O) groups is 2. The standard InChI is InChI=1S/C22H25Cl3N2O2/c1-14(21(29)26-22(2,3)4)27(13-15-8-5-6-9-17(15)23)20(28)12-16-18(24)10-7-11-19(16)25/h5-11,14H,12-13H2,1-4H3,(H,26,29). The van der Waals surface area contributed by atoms with Gasteiger partial charge in [0.2, 0.25) is 11.8 Å². The van der Waals surface area contributed by atoms with Gasteiger partial charge in [-0.25, -0.2) is 0 Å². The summed E-state index contributed by atoms with van der Waals surface area (Å²) < 4.78 is 0. The Kier molecular flexibility index (Phi) is 7.98. The molecular weight excluding hydrogens is 431 g/mol. The van der Waals surface area contributed by atoms with Crippen LogP contribution in [0, 0.1) is 0 Å². The molecule has 1 atom stereocenters. The fraction of sp³-hybridized carbons (Fsp3) is 0.364. The van der Waals surface area contributed by atoms with E-state index in [1.807, 2.05) is 39.0 Å². The second-order valence-electron chi connectivity index (χ2n) is 7.91. The van der Waals surface area contributed by atoms with Gasteiger partial charge in [0.25, 0.3) is 0 Å². The SMILES string of the molecule is CC(C(=O)NC(C)(C)C)N(Cc1ccccc1Cl)C(=O)Cc1c(Cl)cccc1Cl. The Bertz CT molecular complexity index is 874. The Morgan fingerprint density at radius 2 is 1.52 bits per heavy atom. The van der Waals surface area contributed by atoms with Gasteiger partial charge in [0.15, 0.2) is 0 Å². The lowest BCUT2D eigenvalue weighted by molar-refractivity contribution is -0.140. The number of nitrogens with one attached hydrogen (secondary N) is 1. The van der Waals surface area contributed by atoms with Crippen molar-refractivity contribution >= 4 is 46.6 Å². The summed E-state index contributed by atoms with van der Waals surface area (Å²) in [6.07, 6.45) is -0.0178. The van der Waals surface area contributed by atoms with E-state index in [4.69, 9.17) is 34.8 Å². The van der Waals surface area contributed by atoms with Gasteiger partial charge in [0.1, 0.15) is 6.04 Å². The van der Waals surface area contributed by atoms with Crippen LogP contribution in [0.4, 0.5) is 0 Å². The van der Waals surface area contributed by atoms with Gasteiger partial charge in [0, 0.05) is 27.2 Å². The van der Waals surface area contributed by atoms with Gasteiger partial charge >= 0.3 is 0 Å². The molecule has 0 aliphatic heterocycles. The van der Waals surface area contributed by atoms with Crippen LogP contribution in [-0.2, 0) is 22.6 Å². The summed E-state index contributed by atoms with van der Waals surface area (Å²) in [6.45, 7) is 7.56. The molecule has 0 aliphatic carbocycles. The van der Waals surface area contributed by atoms with E-state index >= 15 is 0 Å². The van der Waals surface area contributed by atoms with Crippen LogP contribution >= 0.6 is 34.8 Å². The maximum absolute atomic E-state index is 13.2. The lowest BCUT2D eigenvalue weighted by Crippen LogP contribution is -2.52. The molecule has 1 unspecified atom stereocenters. The molecule has 7 heteroatoms. The zero-order chi connectivity index (χ0) is 21.8. The van der Waals surface area contributed by atoms with Crippen molar-refractivity contribution in [1.29, 1.82) is 0 Å². The van der Waals surface area contributed by atoms with Gasteiger partial charge in [-0.3, -0.25) is 9.59 Å². The average molecular weight is 456 g/mol. The molecule has 0 heterocycles. The van der Waals surface area contributed by atoms with Gasteiger partial charge in [-0.05, 0) is 57.0 Å². The van der Waals surface area contributed by atoms with E-state index in [9.17, 15) is 9.59 Å². The number of hydrogen-bond acceptors (Lipinski definition) is 2. The Balaban J connectivity index is 2.34. The first-order valence-electron chi connectivity index (χ1n) is 9.27. The van der Waals surface area contributed by atoms with Crippen molar-refractivity contribution in [3.05, 3.63) is 68.7 Å². The highest BCUT2D eigenvalue weighted by atomic mass is 35.5. The smallest absolute Gasteiger partial charge is 0.242 e. The predicted molar refractivity (Wildman–Crippen MR) is 120 cm³/mol. The molecule has 0 radical (unpaired) electrons. The minimum absolute atomic E-state index is 0.0178. The van der Waals surface area contributed by atoms with Crippen LogP contribution in [0.5, 0.6) is 0 Å². The van der Waals surface area contributed by atoms with E-state index in [2.05, 4.69) is 5.32 Å². The Morgan fingerprint density at radius 3 is 2.07 bits per heavy atom. The van der Waals surface area contributed by atoms with E-state index in [1.54, 1.807) is 31.2 Å². The van der Waals surface area contributed by atoms with Crippen LogP contribution in [0.15, 0.2) is 42.5 Å². The average Bonchev–Trinajstić information content (AvgIpc) is 2.62. The fourth-order valence-corrected chi connectivity index (χ4v) is 3.55. The number of nitrogens with zero attached hydrogens (tertiary/aromatic N) is 1. The molecule has 29 heavy (non-hydrogen) atoms. The summed E-state index contributed by atoms with van der Waals surface area (Å²) in [5.41, 5.74) is 0.868. The van der Waals surface area contributed by atoms with Gasteiger partial charge in [-0.2, -0.15) is 0 Å². The van der Waals surface area contributed by atoms with Crippen LogP contribution in [-0.4, -0.2) is 28.3 Å². The normalized spacial score (nSPS) is 12.4. The number of halogens is 3. The Morgan fingerprint density at radius 1 is 0.966 bits per heavy atom. The van der Waals surface area contributed by atoms with Crippen molar-refractivity contribution < 1.29 is 9.59 Å². The first kappa shape index (κ1) is 23.5. The number of benzene rings is 2. The molecule has 2 aromatic carbocycles. The number of amides is 2. The maximum atomic E-state index is 13.2. The van der Waals surface area contributed by atoms with E-state index in [-0.39, 0.29) is 24.8 Å². The van der Waals surface area contributed by atoms with Crippen molar-refractivity contribution in [3.63, 3.8) is 0 Å². The molecule has 1 N–H and O–H groups in total. The molecule has 0 aromatic heterocycles. The van der Waals surface area contributed by atoms with Gasteiger partial charge < -0.3 is 10.2 Å². The monoisotopic (exact) mass is 454 g/mol. The highest BCUT2D eigenvalue weighted by Gasteiger charge is 2.29. The van der Waals surface area contributed by atoms with Crippen LogP contribution in [0.25, 0.3) is 0 Å². The molecule has 2 aromatic rings. The zero-order valence-electron chi connectivity index (χ0n) is 16.9. The molecule has 2 amide bonds. The van der Waals surface area contributed by atoms with Crippen molar-refractivity contribution in [2.75, 3.05) is 0 Å². The molecule has 0 saturated heterocycles. The van der Waals surface area contributed by atoms with Crippen molar-refractivity contribution in [2.45, 2.75) is 52.2 Å². The number of hydrogen-bond donors (Lipinski definition) is 1. The molecule has 0 bridgehead atoms. The van der Waals surface area contributed by atoms with E-state index in [1.165, 1.54) is 4.90 Å². The summed E-state index contributed by atoms with van der Waals surface area (Å²) in [6, 6.07) is 11.6. The summed E-state index contributed by atoms with van der Waals surface area (Å²) in [4.78, 5) is 27.5. The summed E-state index contributed by atoms with van der Waals surface area (Å²) in [5.74, 6) is -0.514. The van der Waals surface area contributed by atoms with Crippen molar-refractivity contribution in [1.82, 2.24) is 10.2 Å². The van der Waals surface area contributed by atoms with Crippen LogP contribution in [0.2, 0.25) is 15.1 Å². The molecule has 156 valence electrons. The molecule has 0 fully saturated rings. The molecule has 0 saturated carbocycles. The van der Waals surface area contributed by atoms with Crippen LogP contribution < -0.4 is 5.32 Å². The first-order valence-corrected chi connectivity index (χ1v) is 10.4. The molecule has 0 spiro atoms. The molecule has 2 rings (SSSR count). The van der Waals surface area contributed by atoms with E-state index in [0.29, 0.717) is 20.6 Å². The zero-order valence-corrected chi connectivity index (χ0v) is 19.2. The lowest BCUT2D eigenvalue weighted by atomic mass is 10.1. The van der Waals surface area contributed by atoms with E-state index < -0.39 is 11.6 Å². The van der Waals surface area contributed by atoms with Crippen molar-refractivity contribution in [2.24, 2.45) is 0 Å². The third-order valence-electron chi connectivity index (χ3n) is 4.35. The summed E-state index contributed by atoms with van der Waals surface area (Å²) in [7, 11) is 0. The first-order chi connectivity index (χ1) is 13.5. The topological polar surface area (TPSA) is 49.4 Å². The highest BCUT2D eigenvalue weighted by molar-refractivity contribution is 6.36. The van der Waals surface area contributed by atoms with E-state index in [0.717, 1.165) is 5.56 Å². The fourth-order valence-electron chi connectivity index (χ4n) is 2.82. The second-order valence-corrected chi connectivity index (χ2v) is 9.13. The molecule has 0 aliphatic rings. The van der Waals surface area contributed by atoms with Crippen LogP contribution in [0.3, 0.4) is 0 Å². The lowest BCUT2D eigenvalue weighted by Gasteiger charge is -2.32. The number of rotatable bonds is 6. The Hall–Kier alpha value is -1.75. The third-order valence-corrected chi connectivity index (χ3v) is 5.43. The third kappa shape index (κ3) is 6.63. The predicted octanol–water partition coefficient (Wildman–Crippen LogP) is 5.52.